The van der Waals surface area contributed by atoms with Gasteiger partial charge in [-0.15, -0.1) is 12.4 Å². The first-order valence-electron chi connectivity index (χ1n) is 7.02. The fraction of sp³-hybridized carbons (Fsp3) is 0.769. The van der Waals surface area contributed by atoms with Crippen LogP contribution in [0.25, 0.3) is 0 Å². The van der Waals surface area contributed by atoms with E-state index in [4.69, 9.17) is 5.73 Å². The molecule has 0 bridgehead atoms. The molecule has 0 saturated carbocycles. The van der Waals surface area contributed by atoms with Crippen LogP contribution in [0, 0.1) is 0 Å². The lowest BCUT2D eigenvalue weighted by Gasteiger charge is -2.38. The smallest absolute Gasteiger partial charge is 0.327 e. The number of hydrogen-bond acceptors (Lipinski definition) is 4. The second-order valence-corrected chi connectivity index (χ2v) is 5.63. The maximum Gasteiger partial charge on any atom is 0.327 e. The second kappa shape index (κ2) is 7.09. The molecule has 2 aliphatic rings. The van der Waals surface area contributed by atoms with Crippen LogP contribution >= 0.6 is 12.4 Å². The number of urea groups is 1. The zero-order valence-electron chi connectivity index (χ0n) is 12.4. The Kier molecular flexibility index (Phi) is 5.98. The minimum Gasteiger partial charge on any atom is -0.337 e. The molecule has 0 radical (unpaired) electrons. The van der Waals surface area contributed by atoms with E-state index in [9.17, 15) is 14.4 Å². The van der Waals surface area contributed by atoms with Gasteiger partial charge in [0.1, 0.15) is 13.1 Å². The van der Waals surface area contributed by atoms with Crippen LogP contribution in [0.4, 0.5) is 4.79 Å². The molecule has 0 aromatic heterocycles. The average molecular weight is 319 g/mol. The number of nitrogens with zero attached hydrogens (tertiary/aromatic N) is 3. The maximum absolute atomic E-state index is 12.4. The predicted octanol–water partition coefficient (Wildman–Crippen LogP) is 0.0305. The zero-order valence-corrected chi connectivity index (χ0v) is 13.3. The summed E-state index contributed by atoms with van der Waals surface area (Å²) < 4.78 is 0. The van der Waals surface area contributed by atoms with Gasteiger partial charge >= 0.3 is 6.03 Å². The summed E-state index contributed by atoms with van der Waals surface area (Å²) in [5.41, 5.74) is 5.93. The standard InChI is InChI=1S/C13H22N4O3.ClH/c1-9(14)10-5-3-4-6-16(10)12(19)8-17-11(18)7-15(2)13(17)20;/h9-10H,3-8,14H2,1-2H3;1H. The van der Waals surface area contributed by atoms with Crippen molar-refractivity contribution in [1.29, 1.82) is 0 Å². The van der Waals surface area contributed by atoms with E-state index >= 15 is 0 Å². The van der Waals surface area contributed by atoms with Crippen LogP contribution in [0.2, 0.25) is 0 Å². The summed E-state index contributed by atoms with van der Waals surface area (Å²) in [6, 6.07) is -0.508. The van der Waals surface area contributed by atoms with E-state index in [-0.39, 0.29) is 49.4 Å². The molecule has 0 aromatic carbocycles. The van der Waals surface area contributed by atoms with Crippen LogP contribution in [0.5, 0.6) is 0 Å². The summed E-state index contributed by atoms with van der Waals surface area (Å²) in [5, 5.41) is 0. The largest absolute Gasteiger partial charge is 0.337 e. The summed E-state index contributed by atoms with van der Waals surface area (Å²) in [6.07, 6.45) is 2.88. The van der Waals surface area contributed by atoms with E-state index in [1.807, 2.05) is 6.92 Å². The molecule has 2 heterocycles. The lowest BCUT2D eigenvalue weighted by molar-refractivity contribution is -0.139. The van der Waals surface area contributed by atoms with Crippen molar-refractivity contribution in [3.63, 3.8) is 0 Å². The van der Waals surface area contributed by atoms with Crippen LogP contribution < -0.4 is 5.73 Å². The number of likely N-dealkylation sites (N-methyl/N-ethyl adjacent to an activating group) is 1. The summed E-state index contributed by atoms with van der Waals surface area (Å²) in [5.74, 6) is -0.510. The number of carbonyl (C=O) groups is 3. The van der Waals surface area contributed by atoms with Crippen molar-refractivity contribution in [3.05, 3.63) is 0 Å². The number of piperidine rings is 1. The molecule has 21 heavy (non-hydrogen) atoms. The number of carbonyl (C=O) groups excluding carboxylic acids is 3. The minimum absolute atomic E-state index is 0. The zero-order chi connectivity index (χ0) is 14.9. The highest BCUT2D eigenvalue weighted by Crippen LogP contribution is 2.20. The van der Waals surface area contributed by atoms with Gasteiger partial charge in [-0.05, 0) is 26.2 Å². The third-order valence-corrected chi connectivity index (χ3v) is 4.00. The van der Waals surface area contributed by atoms with Gasteiger partial charge in [0.25, 0.3) is 5.91 Å². The highest BCUT2D eigenvalue weighted by Gasteiger charge is 2.37. The highest BCUT2D eigenvalue weighted by atomic mass is 35.5. The molecule has 0 aliphatic carbocycles. The van der Waals surface area contributed by atoms with Gasteiger partial charge < -0.3 is 15.5 Å². The van der Waals surface area contributed by atoms with E-state index in [2.05, 4.69) is 0 Å². The third kappa shape index (κ3) is 3.65. The first-order valence-corrected chi connectivity index (χ1v) is 7.02. The topological polar surface area (TPSA) is 86.9 Å². The highest BCUT2D eigenvalue weighted by molar-refractivity contribution is 6.04. The van der Waals surface area contributed by atoms with Gasteiger partial charge in [0.05, 0.1) is 0 Å². The normalized spacial score (nSPS) is 24.1. The number of halogens is 1. The fourth-order valence-electron chi connectivity index (χ4n) is 2.86. The molecule has 120 valence electrons. The Morgan fingerprint density at radius 2 is 2.05 bits per heavy atom. The molecule has 2 rings (SSSR count). The molecule has 2 atom stereocenters. The molecule has 2 N–H and O–H groups in total. The lowest BCUT2D eigenvalue weighted by atomic mass is 9.97. The van der Waals surface area contributed by atoms with Crippen molar-refractivity contribution < 1.29 is 14.4 Å². The summed E-state index contributed by atoms with van der Waals surface area (Å²) in [4.78, 5) is 39.9. The number of likely N-dealkylation sites (tertiary alicyclic amines) is 1. The molecule has 2 unspecified atom stereocenters. The second-order valence-electron chi connectivity index (χ2n) is 5.63. The first kappa shape index (κ1) is 17.7. The summed E-state index contributed by atoms with van der Waals surface area (Å²) in [6.45, 7) is 2.40. The van der Waals surface area contributed by atoms with Crippen molar-refractivity contribution in [2.75, 3.05) is 26.7 Å². The average Bonchev–Trinajstić information content (AvgIpc) is 2.65. The maximum atomic E-state index is 12.4. The van der Waals surface area contributed by atoms with Crippen LogP contribution in [0.1, 0.15) is 26.2 Å². The molecule has 7 nitrogen and oxygen atoms in total. The lowest BCUT2D eigenvalue weighted by Crippen LogP contribution is -2.54. The van der Waals surface area contributed by atoms with Crippen molar-refractivity contribution >= 4 is 30.3 Å². The van der Waals surface area contributed by atoms with Gasteiger partial charge in [-0.1, -0.05) is 0 Å². The predicted molar refractivity (Wildman–Crippen MR) is 80.0 cm³/mol. The Morgan fingerprint density at radius 1 is 1.38 bits per heavy atom. The number of amides is 4. The Labute approximate surface area is 130 Å². The van der Waals surface area contributed by atoms with Crippen LogP contribution in [-0.2, 0) is 9.59 Å². The number of hydrogen-bond donors (Lipinski definition) is 1. The van der Waals surface area contributed by atoms with Gasteiger partial charge in [0, 0.05) is 25.7 Å². The third-order valence-electron chi connectivity index (χ3n) is 4.00. The van der Waals surface area contributed by atoms with E-state index in [0.29, 0.717) is 6.54 Å². The van der Waals surface area contributed by atoms with Crippen molar-refractivity contribution in [1.82, 2.24) is 14.7 Å². The Balaban J connectivity index is 0.00000220. The van der Waals surface area contributed by atoms with Gasteiger partial charge in [0.2, 0.25) is 5.91 Å². The van der Waals surface area contributed by atoms with Crippen LogP contribution in [-0.4, -0.2) is 71.3 Å². The molecule has 0 spiro atoms. The van der Waals surface area contributed by atoms with Crippen LogP contribution in [0.15, 0.2) is 0 Å². The van der Waals surface area contributed by atoms with E-state index in [1.165, 1.54) is 4.90 Å². The number of rotatable bonds is 3. The molecular weight excluding hydrogens is 296 g/mol. The van der Waals surface area contributed by atoms with Gasteiger partial charge in [-0.2, -0.15) is 0 Å². The van der Waals surface area contributed by atoms with E-state index in [0.717, 1.165) is 24.2 Å². The molecule has 4 amide bonds. The Bertz CT molecular complexity index is 430. The molecule has 2 fully saturated rings. The Hall–Kier alpha value is -1.34. The summed E-state index contributed by atoms with van der Waals surface area (Å²) >= 11 is 0. The van der Waals surface area contributed by atoms with Crippen molar-refractivity contribution in [3.8, 4) is 0 Å². The van der Waals surface area contributed by atoms with Crippen molar-refractivity contribution in [2.45, 2.75) is 38.3 Å². The number of nitrogens with two attached hydrogens (primary N) is 1. The van der Waals surface area contributed by atoms with Gasteiger partial charge in [0.15, 0.2) is 0 Å². The SMILES string of the molecule is CC(N)C1CCCCN1C(=O)CN1C(=O)CN(C)C1=O.Cl. The molecule has 2 aliphatic heterocycles. The van der Waals surface area contributed by atoms with E-state index in [1.54, 1.807) is 11.9 Å². The summed E-state index contributed by atoms with van der Waals surface area (Å²) in [7, 11) is 1.55. The monoisotopic (exact) mass is 318 g/mol. The molecule has 8 heteroatoms. The Morgan fingerprint density at radius 3 is 2.57 bits per heavy atom. The van der Waals surface area contributed by atoms with Gasteiger partial charge in [-0.3, -0.25) is 14.5 Å². The molecule has 2 saturated heterocycles. The quantitative estimate of drug-likeness (QED) is 0.744. The van der Waals surface area contributed by atoms with Gasteiger partial charge in [-0.25, -0.2) is 4.79 Å². The van der Waals surface area contributed by atoms with Crippen molar-refractivity contribution in [2.24, 2.45) is 5.73 Å². The van der Waals surface area contributed by atoms with Crippen LogP contribution in [0.3, 0.4) is 0 Å². The van der Waals surface area contributed by atoms with E-state index < -0.39 is 6.03 Å². The minimum atomic E-state index is -0.405. The molecular formula is C13H23ClN4O3. The number of imide groups is 1. The first-order chi connectivity index (χ1) is 9.41. The fourth-order valence-corrected chi connectivity index (χ4v) is 2.86. The molecule has 0 aromatic rings.